The van der Waals surface area contributed by atoms with E-state index < -0.39 is 47.8 Å². The minimum Gasteiger partial charge on any atom is -0.367 e. The lowest BCUT2D eigenvalue weighted by atomic mass is 9.94. The maximum atomic E-state index is 14.1. The lowest BCUT2D eigenvalue weighted by Gasteiger charge is -2.33. The molecule has 0 unspecified atom stereocenters. The summed E-state index contributed by atoms with van der Waals surface area (Å²) in [5, 5.41) is 12.0. The van der Waals surface area contributed by atoms with Gasteiger partial charge in [0.25, 0.3) is 5.95 Å². The zero-order valence-corrected chi connectivity index (χ0v) is 24.0. The van der Waals surface area contributed by atoms with Gasteiger partial charge >= 0.3 is 18.5 Å². The van der Waals surface area contributed by atoms with Crippen LogP contribution in [-0.2, 0) is 38.7 Å². The summed E-state index contributed by atoms with van der Waals surface area (Å²) >= 11 is 0. The normalized spacial score (nSPS) is 16.0. The van der Waals surface area contributed by atoms with E-state index in [2.05, 4.69) is 15.4 Å². The van der Waals surface area contributed by atoms with Gasteiger partial charge in [0.2, 0.25) is 0 Å². The lowest BCUT2D eigenvalue weighted by molar-refractivity contribution is -0.143. The van der Waals surface area contributed by atoms with Crippen molar-refractivity contribution < 1.29 is 39.5 Å². The predicted octanol–water partition coefficient (Wildman–Crippen LogP) is 8.12. The van der Waals surface area contributed by atoms with E-state index in [1.807, 2.05) is 18.2 Å². The smallest absolute Gasteiger partial charge is 0.367 e. The Balaban J connectivity index is 1.67. The molecule has 0 saturated carbocycles. The minimum atomic E-state index is -5.07. The van der Waals surface area contributed by atoms with Gasteiger partial charge in [-0.15, -0.1) is 5.10 Å². The fourth-order valence-electron chi connectivity index (χ4n) is 5.62. The highest BCUT2D eigenvalue weighted by atomic mass is 19.4. The first kappa shape index (κ1) is 32.1. The molecule has 0 fully saturated rings. The van der Waals surface area contributed by atoms with Crippen LogP contribution in [0.15, 0.2) is 60.7 Å². The largest absolute Gasteiger partial charge is 0.416 e. The molecule has 0 spiro atoms. The average molecular weight is 643 g/mol. The van der Waals surface area contributed by atoms with Crippen molar-refractivity contribution in [1.29, 1.82) is 0 Å². The molecule has 0 amide bonds. The van der Waals surface area contributed by atoms with E-state index in [0.717, 1.165) is 16.4 Å². The molecular weight excluding hydrogens is 615 g/mol. The third-order valence-corrected chi connectivity index (χ3v) is 7.63. The summed E-state index contributed by atoms with van der Waals surface area (Å²) in [4.78, 5) is 4.28. The number of rotatable bonds is 6. The van der Waals surface area contributed by atoms with Gasteiger partial charge in [-0.1, -0.05) is 41.5 Å². The summed E-state index contributed by atoms with van der Waals surface area (Å²) in [5.74, 6) is -0.103. The van der Waals surface area contributed by atoms with E-state index in [1.165, 1.54) is 24.9 Å². The van der Waals surface area contributed by atoms with Crippen LogP contribution in [0.3, 0.4) is 0 Å². The van der Waals surface area contributed by atoms with Crippen molar-refractivity contribution >= 4 is 11.6 Å². The molecule has 0 radical (unpaired) electrons. The van der Waals surface area contributed by atoms with Gasteiger partial charge in [-0.2, -0.15) is 44.3 Å². The Hall–Kier alpha value is -4.30. The molecule has 0 aliphatic carbocycles. The Morgan fingerprint density at radius 2 is 1.47 bits per heavy atom. The Kier molecular flexibility index (Phi) is 8.49. The average Bonchev–Trinajstić information content (AvgIpc) is 3.30. The number of tetrazole rings is 1. The lowest BCUT2D eigenvalue weighted by Crippen LogP contribution is -2.30. The summed E-state index contributed by atoms with van der Waals surface area (Å²) in [6, 6.07) is 12.0. The molecule has 4 aromatic rings. The van der Waals surface area contributed by atoms with Crippen molar-refractivity contribution in [3.05, 3.63) is 99.6 Å². The first-order valence-electron chi connectivity index (χ1n) is 13.8. The summed E-state index contributed by atoms with van der Waals surface area (Å²) in [6.45, 7) is 1.40. The number of halogens is 9. The Morgan fingerprint density at radius 1 is 0.822 bits per heavy atom. The standard InChI is InChI=1S/C30H27F9N6/c1-18-11-23-25(9-6-10-44(16-19-7-4-3-5-8-19)26(23)15-24(18)30(37,38)39)45(27-40-42-43(2)41-27)17-20-12-21(28(31,32)33)14-22(13-20)29(34,35)36/h3-5,7-8,11-15,25H,6,9-10,16-17H2,1-2H3/t25-/m0/s1. The molecule has 6 nitrogen and oxygen atoms in total. The van der Waals surface area contributed by atoms with Gasteiger partial charge < -0.3 is 9.80 Å². The van der Waals surface area contributed by atoms with E-state index in [4.69, 9.17) is 0 Å². The number of hydrogen-bond acceptors (Lipinski definition) is 5. The van der Waals surface area contributed by atoms with Gasteiger partial charge in [-0.05, 0) is 71.5 Å². The van der Waals surface area contributed by atoms with Crippen LogP contribution in [0.2, 0.25) is 0 Å². The highest BCUT2D eigenvalue weighted by Crippen LogP contribution is 2.44. The third kappa shape index (κ3) is 7.17. The van der Waals surface area contributed by atoms with Crippen LogP contribution in [0.4, 0.5) is 51.1 Å². The first-order valence-corrected chi connectivity index (χ1v) is 13.8. The second-order valence-corrected chi connectivity index (χ2v) is 10.9. The van der Waals surface area contributed by atoms with E-state index in [9.17, 15) is 39.5 Å². The van der Waals surface area contributed by atoms with Gasteiger partial charge in [0.05, 0.1) is 29.8 Å². The number of nitrogens with zero attached hydrogens (tertiary/aromatic N) is 6. The molecule has 0 bridgehead atoms. The van der Waals surface area contributed by atoms with Crippen LogP contribution in [0, 0.1) is 6.92 Å². The van der Waals surface area contributed by atoms with Crippen molar-refractivity contribution in [3.8, 4) is 0 Å². The van der Waals surface area contributed by atoms with Gasteiger partial charge in [0.1, 0.15) is 0 Å². The van der Waals surface area contributed by atoms with E-state index in [0.29, 0.717) is 30.7 Å². The van der Waals surface area contributed by atoms with E-state index in [-0.39, 0.29) is 41.8 Å². The Bertz CT molecular complexity index is 1610. The minimum absolute atomic E-state index is 0.0405. The number of benzene rings is 3. The van der Waals surface area contributed by atoms with Crippen molar-refractivity contribution in [2.45, 2.75) is 57.4 Å². The van der Waals surface area contributed by atoms with Crippen molar-refractivity contribution in [2.24, 2.45) is 7.05 Å². The number of hydrogen-bond donors (Lipinski definition) is 0. The first-order chi connectivity index (χ1) is 21.0. The summed E-state index contributed by atoms with van der Waals surface area (Å²) in [7, 11) is 1.43. The molecular formula is C30H27F9N6. The zero-order chi connectivity index (χ0) is 32.7. The molecule has 1 atom stereocenters. The molecule has 1 aromatic heterocycles. The van der Waals surface area contributed by atoms with Gasteiger partial charge in [0, 0.05) is 25.3 Å². The highest BCUT2D eigenvalue weighted by Gasteiger charge is 2.39. The number of anilines is 2. The summed E-state index contributed by atoms with van der Waals surface area (Å²) < 4.78 is 124. The Labute approximate surface area is 252 Å². The number of alkyl halides is 9. The molecule has 1 aliphatic rings. The maximum absolute atomic E-state index is 14.1. The zero-order valence-electron chi connectivity index (χ0n) is 24.0. The molecule has 15 heteroatoms. The van der Waals surface area contributed by atoms with Gasteiger partial charge in [-0.25, -0.2) is 0 Å². The van der Waals surface area contributed by atoms with Gasteiger partial charge in [0.15, 0.2) is 0 Å². The number of aromatic nitrogens is 4. The summed E-state index contributed by atoms with van der Waals surface area (Å²) in [5.41, 5.74) is -2.75. The maximum Gasteiger partial charge on any atom is 0.416 e. The molecule has 5 rings (SSSR count). The molecule has 0 saturated heterocycles. The number of aryl methyl sites for hydroxylation is 2. The van der Waals surface area contributed by atoms with Crippen molar-refractivity contribution in [1.82, 2.24) is 20.2 Å². The van der Waals surface area contributed by atoms with Crippen LogP contribution < -0.4 is 9.80 Å². The van der Waals surface area contributed by atoms with Crippen LogP contribution in [0.1, 0.15) is 57.8 Å². The van der Waals surface area contributed by atoms with E-state index in [1.54, 1.807) is 17.0 Å². The third-order valence-electron chi connectivity index (χ3n) is 7.63. The number of fused-ring (bicyclic) bond motifs is 1. The predicted molar refractivity (Wildman–Crippen MR) is 147 cm³/mol. The quantitative estimate of drug-likeness (QED) is 0.199. The summed E-state index contributed by atoms with van der Waals surface area (Å²) in [6.07, 6.45) is -14.1. The van der Waals surface area contributed by atoms with Crippen LogP contribution in [0.5, 0.6) is 0 Å². The molecule has 45 heavy (non-hydrogen) atoms. The van der Waals surface area contributed by atoms with Crippen LogP contribution >= 0.6 is 0 Å². The monoisotopic (exact) mass is 642 g/mol. The second kappa shape index (κ2) is 11.9. The molecule has 240 valence electrons. The van der Waals surface area contributed by atoms with Crippen molar-refractivity contribution in [2.75, 3.05) is 16.3 Å². The molecule has 1 aliphatic heterocycles. The molecule has 3 aromatic carbocycles. The van der Waals surface area contributed by atoms with Crippen LogP contribution in [0.25, 0.3) is 0 Å². The van der Waals surface area contributed by atoms with Crippen molar-refractivity contribution in [3.63, 3.8) is 0 Å². The fraction of sp³-hybridized carbons (Fsp3) is 0.367. The molecule has 0 N–H and O–H groups in total. The fourth-order valence-corrected chi connectivity index (χ4v) is 5.62. The van der Waals surface area contributed by atoms with Gasteiger partial charge in [-0.3, -0.25) is 0 Å². The SMILES string of the molecule is Cc1cc2c(cc1C(F)(F)F)N(Cc1ccccc1)CCC[C@@H]2N(Cc1cc(C(F)(F)F)cc(C(F)(F)F)c1)c1nnn(C)n1. The highest BCUT2D eigenvalue weighted by molar-refractivity contribution is 5.62. The second-order valence-electron chi connectivity index (χ2n) is 10.9. The molecule has 2 heterocycles. The Morgan fingerprint density at radius 3 is 2.02 bits per heavy atom. The van der Waals surface area contributed by atoms with Crippen LogP contribution in [-0.4, -0.2) is 26.8 Å². The van der Waals surface area contributed by atoms with E-state index >= 15 is 0 Å². The topological polar surface area (TPSA) is 50.1 Å².